The lowest BCUT2D eigenvalue weighted by atomic mass is 10.2. The van der Waals surface area contributed by atoms with Gasteiger partial charge in [0.2, 0.25) is 0 Å². The van der Waals surface area contributed by atoms with Gasteiger partial charge in [-0.05, 0) is 36.4 Å². The SMILES string of the molecule is O=C(NNc1ccc(Br)cc1)c1cc2sc3ccccc3c2s1. The van der Waals surface area contributed by atoms with E-state index < -0.39 is 0 Å². The fourth-order valence-electron chi connectivity index (χ4n) is 2.34. The number of hydrogen-bond donors (Lipinski definition) is 2. The number of fused-ring (bicyclic) bond motifs is 3. The van der Waals surface area contributed by atoms with Gasteiger partial charge in [0.25, 0.3) is 5.91 Å². The number of nitrogens with one attached hydrogen (secondary N) is 2. The zero-order chi connectivity index (χ0) is 15.8. The van der Waals surface area contributed by atoms with Crippen LogP contribution in [0.25, 0.3) is 19.5 Å². The number of carbonyl (C=O) groups excluding carboxylic acids is 1. The van der Waals surface area contributed by atoms with Crippen molar-refractivity contribution in [3.8, 4) is 0 Å². The van der Waals surface area contributed by atoms with Crippen LogP contribution >= 0.6 is 38.6 Å². The predicted octanol–water partition coefficient (Wildman–Crippen LogP) is 5.64. The Morgan fingerprint density at radius 3 is 2.57 bits per heavy atom. The monoisotopic (exact) mass is 402 g/mol. The Labute approximate surface area is 149 Å². The highest BCUT2D eigenvalue weighted by Crippen LogP contribution is 2.39. The topological polar surface area (TPSA) is 41.1 Å². The fraction of sp³-hybridized carbons (Fsp3) is 0. The summed E-state index contributed by atoms with van der Waals surface area (Å²) in [6.45, 7) is 0. The van der Waals surface area contributed by atoms with Gasteiger partial charge in [0.15, 0.2) is 0 Å². The van der Waals surface area contributed by atoms with E-state index in [-0.39, 0.29) is 5.91 Å². The van der Waals surface area contributed by atoms with E-state index in [4.69, 9.17) is 0 Å². The van der Waals surface area contributed by atoms with E-state index in [2.05, 4.69) is 38.9 Å². The average molecular weight is 403 g/mol. The van der Waals surface area contributed by atoms with Gasteiger partial charge in [-0.3, -0.25) is 15.6 Å². The van der Waals surface area contributed by atoms with Crippen molar-refractivity contribution in [3.05, 3.63) is 63.9 Å². The third-order valence-electron chi connectivity index (χ3n) is 3.44. The molecule has 0 saturated carbocycles. The first-order valence-corrected chi connectivity index (χ1v) is 9.36. The first kappa shape index (κ1) is 14.7. The van der Waals surface area contributed by atoms with E-state index >= 15 is 0 Å². The highest BCUT2D eigenvalue weighted by atomic mass is 79.9. The van der Waals surface area contributed by atoms with Gasteiger partial charge < -0.3 is 0 Å². The summed E-state index contributed by atoms with van der Waals surface area (Å²) in [5.41, 5.74) is 6.52. The van der Waals surface area contributed by atoms with Crippen LogP contribution in [0.15, 0.2) is 59.1 Å². The Kier molecular flexibility index (Phi) is 3.80. The summed E-state index contributed by atoms with van der Waals surface area (Å²) in [7, 11) is 0. The number of hydrogen-bond acceptors (Lipinski definition) is 4. The molecule has 0 aliphatic heterocycles. The van der Waals surface area contributed by atoms with Crippen LogP contribution in [0.3, 0.4) is 0 Å². The van der Waals surface area contributed by atoms with Crippen molar-refractivity contribution in [2.24, 2.45) is 0 Å². The molecule has 0 aliphatic carbocycles. The summed E-state index contributed by atoms with van der Waals surface area (Å²) < 4.78 is 4.60. The second-order valence-corrected chi connectivity index (χ2v) is 8.04. The average Bonchev–Trinajstić information content (AvgIpc) is 3.12. The Morgan fingerprint density at radius 2 is 1.74 bits per heavy atom. The summed E-state index contributed by atoms with van der Waals surface area (Å²) in [5.74, 6) is -0.120. The number of thiophene rings is 2. The molecule has 2 aromatic heterocycles. The van der Waals surface area contributed by atoms with E-state index in [1.165, 1.54) is 26.1 Å². The zero-order valence-electron chi connectivity index (χ0n) is 11.8. The van der Waals surface area contributed by atoms with Gasteiger partial charge in [-0.1, -0.05) is 34.1 Å². The number of anilines is 1. The van der Waals surface area contributed by atoms with Crippen molar-refractivity contribution in [2.45, 2.75) is 0 Å². The first-order chi connectivity index (χ1) is 11.2. The highest BCUT2D eigenvalue weighted by molar-refractivity contribution is 9.10. The van der Waals surface area contributed by atoms with Gasteiger partial charge in [0, 0.05) is 19.3 Å². The predicted molar refractivity (Wildman–Crippen MR) is 102 cm³/mol. The van der Waals surface area contributed by atoms with Crippen LogP contribution in [0.5, 0.6) is 0 Å². The number of carbonyl (C=O) groups is 1. The van der Waals surface area contributed by atoms with E-state index in [0.29, 0.717) is 4.88 Å². The lowest BCUT2D eigenvalue weighted by Gasteiger charge is -2.07. The maximum absolute atomic E-state index is 12.3. The molecule has 0 atom stereocenters. The fourth-order valence-corrected chi connectivity index (χ4v) is 5.02. The van der Waals surface area contributed by atoms with Crippen molar-refractivity contribution in [3.63, 3.8) is 0 Å². The largest absolute Gasteiger partial charge is 0.298 e. The molecule has 0 unspecified atom stereocenters. The minimum atomic E-state index is -0.120. The van der Waals surface area contributed by atoms with Crippen molar-refractivity contribution >= 4 is 69.7 Å². The second kappa shape index (κ2) is 5.96. The number of halogens is 1. The Morgan fingerprint density at radius 1 is 0.957 bits per heavy atom. The van der Waals surface area contributed by atoms with Crippen LogP contribution in [0.2, 0.25) is 0 Å². The summed E-state index contributed by atoms with van der Waals surface area (Å²) in [4.78, 5) is 13.0. The maximum Gasteiger partial charge on any atom is 0.279 e. The van der Waals surface area contributed by atoms with Gasteiger partial charge in [-0.15, -0.1) is 22.7 Å². The Bertz CT molecular complexity index is 1000. The first-order valence-electron chi connectivity index (χ1n) is 6.94. The molecule has 6 heteroatoms. The number of hydrazine groups is 1. The molecule has 1 amide bonds. The molecule has 2 aromatic carbocycles. The van der Waals surface area contributed by atoms with Crippen LogP contribution in [-0.4, -0.2) is 5.91 Å². The summed E-state index contributed by atoms with van der Waals surface area (Å²) in [5, 5.41) is 1.22. The quantitative estimate of drug-likeness (QED) is 0.435. The van der Waals surface area contributed by atoms with Gasteiger partial charge in [0.05, 0.1) is 15.3 Å². The number of benzene rings is 2. The van der Waals surface area contributed by atoms with Gasteiger partial charge in [0.1, 0.15) is 0 Å². The number of amides is 1. The lowest BCUT2D eigenvalue weighted by Crippen LogP contribution is -2.28. The standard InChI is InChI=1S/C17H11BrN2OS2/c18-10-5-7-11(8-6-10)19-20-17(21)15-9-14-16(23-15)12-3-1-2-4-13(12)22-14/h1-9,19H,(H,20,21). The molecule has 4 rings (SSSR count). The molecular formula is C17H11BrN2OS2. The molecule has 4 aromatic rings. The molecule has 0 bridgehead atoms. The van der Waals surface area contributed by atoms with Crippen LogP contribution in [0.4, 0.5) is 5.69 Å². The molecule has 0 fully saturated rings. The van der Waals surface area contributed by atoms with Gasteiger partial charge >= 0.3 is 0 Å². The van der Waals surface area contributed by atoms with Gasteiger partial charge in [-0.25, -0.2) is 0 Å². The van der Waals surface area contributed by atoms with Crippen molar-refractivity contribution in [1.82, 2.24) is 5.43 Å². The molecule has 3 nitrogen and oxygen atoms in total. The third kappa shape index (κ3) is 2.85. The van der Waals surface area contributed by atoms with E-state index in [0.717, 1.165) is 14.9 Å². The normalized spacial score (nSPS) is 11.0. The minimum Gasteiger partial charge on any atom is -0.298 e. The minimum absolute atomic E-state index is 0.120. The Hall–Kier alpha value is -1.89. The molecule has 0 spiro atoms. The molecule has 2 heterocycles. The summed E-state index contributed by atoms with van der Waals surface area (Å²) >= 11 is 6.64. The van der Waals surface area contributed by atoms with Crippen molar-refractivity contribution < 1.29 is 4.79 Å². The van der Waals surface area contributed by atoms with E-state index in [1.54, 1.807) is 11.3 Å². The van der Waals surface area contributed by atoms with Crippen molar-refractivity contribution in [2.75, 3.05) is 5.43 Å². The highest BCUT2D eigenvalue weighted by Gasteiger charge is 2.14. The molecule has 23 heavy (non-hydrogen) atoms. The molecule has 2 N–H and O–H groups in total. The van der Waals surface area contributed by atoms with Crippen LogP contribution in [0, 0.1) is 0 Å². The molecular weight excluding hydrogens is 392 g/mol. The number of rotatable bonds is 3. The Balaban J connectivity index is 1.56. The third-order valence-corrected chi connectivity index (χ3v) is 6.38. The zero-order valence-corrected chi connectivity index (χ0v) is 15.0. The maximum atomic E-state index is 12.3. The van der Waals surface area contributed by atoms with Crippen LogP contribution in [0.1, 0.15) is 9.67 Å². The smallest absolute Gasteiger partial charge is 0.279 e. The van der Waals surface area contributed by atoms with Gasteiger partial charge in [-0.2, -0.15) is 0 Å². The van der Waals surface area contributed by atoms with E-state index in [9.17, 15) is 4.79 Å². The lowest BCUT2D eigenvalue weighted by molar-refractivity contribution is 0.0967. The van der Waals surface area contributed by atoms with Crippen LogP contribution in [-0.2, 0) is 0 Å². The second-order valence-electron chi connectivity index (χ2n) is 4.99. The van der Waals surface area contributed by atoms with Crippen molar-refractivity contribution in [1.29, 1.82) is 0 Å². The molecule has 0 saturated heterocycles. The van der Waals surface area contributed by atoms with Crippen LogP contribution < -0.4 is 10.9 Å². The summed E-state index contributed by atoms with van der Waals surface area (Å²) in [6.07, 6.45) is 0. The van der Waals surface area contributed by atoms with E-state index in [1.807, 2.05) is 42.5 Å². The molecule has 114 valence electrons. The molecule has 0 aliphatic rings. The summed E-state index contributed by atoms with van der Waals surface area (Å²) in [6, 6.07) is 17.9. The molecule has 0 radical (unpaired) electrons.